The van der Waals surface area contributed by atoms with E-state index in [0.29, 0.717) is 11.8 Å². The first-order valence-corrected chi connectivity index (χ1v) is 10.5. The topological polar surface area (TPSA) is 40.1 Å². The van der Waals surface area contributed by atoms with Gasteiger partial charge in [0.15, 0.2) is 5.96 Å². The molecule has 2 aliphatic heterocycles. The molecule has 6 heteroatoms. The SMILES string of the molecule is CN=C(NCC1CN(CC(C)C)CCO1)N1CCC(Cc2ccccc2)C1.I. The minimum absolute atomic E-state index is 0. The predicted octanol–water partition coefficient (Wildman–Crippen LogP) is 3.10. The number of ether oxygens (including phenoxy) is 1. The van der Waals surface area contributed by atoms with Gasteiger partial charge in [0.25, 0.3) is 0 Å². The quantitative estimate of drug-likeness (QED) is 0.370. The van der Waals surface area contributed by atoms with E-state index in [0.717, 1.165) is 58.3 Å². The van der Waals surface area contributed by atoms with Crippen molar-refractivity contribution < 1.29 is 4.74 Å². The lowest BCUT2D eigenvalue weighted by Gasteiger charge is -2.34. The molecule has 0 radical (unpaired) electrons. The predicted molar refractivity (Wildman–Crippen MR) is 128 cm³/mol. The molecule has 3 rings (SSSR count). The van der Waals surface area contributed by atoms with Gasteiger partial charge in [0.2, 0.25) is 0 Å². The average molecular weight is 500 g/mol. The number of rotatable bonds is 6. The second kappa shape index (κ2) is 12.0. The highest BCUT2D eigenvalue weighted by Crippen LogP contribution is 2.21. The number of nitrogens with one attached hydrogen (secondary N) is 1. The number of morpholine rings is 1. The third-order valence-corrected chi connectivity index (χ3v) is 5.50. The average Bonchev–Trinajstić information content (AvgIpc) is 3.11. The number of halogens is 1. The van der Waals surface area contributed by atoms with Crippen molar-refractivity contribution in [3.8, 4) is 0 Å². The van der Waals surface area contributed by atoms with Crippen LogP contribution in [-0.4, -0.2) is 74.8 Å². The van der Waals surface area contributed by atoms with Gasteiger partial charge >= 0.3 is 0 Å². The lowest BCUT2D eigenvalue weighted by atomic mass is 9.99. The van der Waals surface area contributed by atoms with Crippen molar-refractivity contribution in [3.63, 3.8) is 0 Å². The van der Waals surface area contributed by atoms with Crippen LogP contribution in [0.2, 0.25) is 0 Å². The Bertz CT molecular complexity index is 595. The summed E-state index contributed by atoms with van der Waals surface area (Å²) in [7, 11) is 1.89. The maximum atomic E-state index is 5.97. The van der Waals surface area contributed by atoms with Crippen molar-refractivity contribution in [2.75, 3.05) is 52.9 Å². The van der Waals surface area contributed by atoms with Crippen LogP contribution < -0.4 is 5.32 Å². The first-order valence-electron chi connectivity index (χ1n) is 10.5. The number of nitrogens with zero attached hydrogens (tertiary/aromatic N) is 3. The van der Waals surface area contributed by atoms with Gasteiger partial charge in [-0.3, -0.25) is 9.89 Å². The fourth-order valence-corrected chi connectivity index (χ4v) is 4.26. The second-order valence-corrected chi connectivity index (χ2v) is 8.36. The molecular weight excluding hydrogens is 463 g/mol. The zero-order chi connectivity index (χ0) is 19.1. The van der Waals surface area contributed by atoms with Gasteiger partial charge in [-0.1, -0.05) is 44.2 Å². The number of likely N-dealkylation sites (tertiary alicyclic amines) is 1. The molecule has 158 valence electrons. The molecule has 2 aliphatic rings. The van der Waals surface area contributed by atoms with Crippen LogP contribution in [-0.2, 0) is 11.2 Å². The van der Waals surface area contributed by atoms with Crippen LogP contribution in [0.15, 0.2) is 35.3 Å². The molecule has 1 aromatic rings. The van der Waals surface area contributed by atoms with Crippen LogP contribution in [0.25, 0.3) is 0 Å². The molecule has 2 fully saturated rings. The molecule has 0 saturated carbocycles. The summed E-state index contributed by atoms with van der Waals surface area (Å²) < 4.78 is 5.97. The Morgan fingerprint density at radius 1 is 1.21 bits per heavy atom. The molecule has 2 heterocycles. The van der Waals surface area contributed by atoms with Crippen LogP contribution in [0.5, 0.6) is 0 Å². The fourth-order valence-electron chi connectivity index (χ4n) is 4.26. The zero-order valence-corrected chi connectivity index (χ0v) is 20.0. The van der Waals surface area contributed by atoms with Gasteiger partial charge in [0, 0.05) is 46.3 Å². The normalized spacial score (nSPS) is 23.7. The minimum atomic E-state index is 0. The molecule has 1 N–H and O–H groups in total. The summed E-state index contributed by atoms with van der Waals surface area (Å²) in [5.74, 6) is 2.43. The van der Waals surface area contributed by atoms with E-state index in [1.807, 2.05) is 7.05 Å². The van der Waals surface area contributed by atoms with Crippen molar-refractivity contribution >= 4 is 29.9 Å². The molecule has 2 atom stereocenters. The molecule has 5 nitrogen and oxygen atoms in total. The lowest BCUT2D eigenvalue weighted by molar-refractivity contribution is -0.0286. The Kier molecular flexibility index (Phi) is 10.0. The monoisotopic (exact) mass is 500 g/mol. The maximum absolute atomic E-state index is 5.97. The summed E-state index contributed by atoms with van der Waals surface area (Å²) >= 11 is 0. The van der Waals surface area contributed by atoms with E-state index in [1.54, 1.807) is 0 Å². The number of hydrogen-bond acceptors (Lipinski definition) is 3. The highest BCUT2D eigenvalue weighted by molar-refractivity contribution is 14.0. The van der Waals surface area contributed by atoms with Gasteiger partial charge in [-0.25, -0.2) is 0 Å². The van der Waals surface area contributed by atoms with Crippen molar-refractivity contribution in [1.29, 1.82) is 0 Å². The third-order valence-electron chi connectivity index (χ3n) is 5.50. The maximum Gasteiger partial charge on any atom is 0.193 e. The van der Waals surface area contributed by atoms with E-state index in [9.17, 15) is 0 Å². The molecule has 2 saturated heterocycles. The number of benzene rings is 1. The van der Waals surface area contributed by atoms with Crippen molar-refractivity contribution in [3.05, 3.63) is 35.9 Å². The smallest absolute Gasteiger partial charge is 0.193 e. The van der Waals surface area contributed by atoms with Crippen LogP contribution in [0, 0.1) is 11.8 Å². The first kappa shape index (κ1) is 23.4. The number of hydrogen-bond donors (Lipinski definition) is 1. The van der Waals surface area contributed by atoms with Gasteiger partial charge < -0.3 is 15.0 Å². The summed E-state index contributed by atoms with van der Waals surface area (Å²) in [4.78, 5) is 9.45. The minimum Gasteiger partial charge on any atom is -0.374 e. The van der Waals surface area contributed by atoms with E-state index in [1.165, 1.54) is 12.0 Å². The van der Waals surface area contributed by atoms with Gasteiger partial charge in [-0.2, -0.15) is 0 Å². The highest BCUT2D eigenvalue weighted by Gasteiger charge is 2.26. The Balaban J connectivity index is 0.00000280. The Labute approximate surface area is 187 Å². The first-order chi connectivity index (χ1) is 13.1. The largest absolute Gasteiger partial charge is 0.374 e. The third kappa shape index (κ3) is 7.19. The molecule has 1 aromatic carbocycles. The molecule has 2 unspecified atom stereocenters. The summed E-state index contributed by atoms with van der Waals surface area (Å²) in [5, 5.41) is 3.56. The van der Waals surface area contributed by atoms with Gasteiger partial charge in [0.05, 0.1) is 12.7 Å². The second-order valence-electron chi connectivity index (χ2n) is 8.36. The van der Waals surface area contributed by atoms with Crippen LogP contribution in [0.1, 0.15) is 25.8 Å². The number of aliphatic imine (C=N–C) groups is 1. The molecule has 0 spiro atoms. The summed E-state index contributed by atoms with van der Waals surface area (Å²) in [6.07, 6.45) is 2.64. The van der Waals surface area contributed by atoms with E-state index in [-0.39, 0.29) is 30.1 Å². The van der Waals surface area contributed by atoms with Crippen molar-refractivity contribution in [2.24, 2.45) is 16.8 Å². The van der Waals surface area contributed by atoms with Gasteiger partial charge in [-0.05, 0) is 30.2 Å². The van der Waals surface area contributed by atoms with E-state index in [2.05, 4.69) is 64.3 Å². The Morgan fingerprint density at radius 2 is 2.00 bits per heavy atom. The molecule has 28 heavy (non-hydrogen) atoms. The summed E-state index contributed by atoms with van der Waals surface area (Å²) in [5.41, 5.74) is 1.44. The van der Waals surface area contributed by atoms with Gasteiger partial charge in [0.1, 0.15) is 0 Å². The Hall–Kier alpha value is -0.860. The summed E-state index contributed by atoms with van der Waals surface area (Å²) in [6.45, 7) is 11.6. The van der Waals surface area contributed by atoms with Gasteiger partial charge in [-0.15, -0.1) is 24.0 Å². The summed E-state index contributed by atoms with van der Waals surface area (Å²) in [6, 6.07) is 10.8. The standard InChI is InChI=1S/C22H36N4O.HI/c1-18(2)15-25-11-12-27-21(17-25)14-24-22(23-3)26-10-9-20(16-26)13-19-7-5-4-6-8-19;/h4-8,18,20-21H,9-17H2,1-3H3,(H,23,24);1H. The van der Waals surface area contributed by atoms with Crippen LogP contribution >= 0.6 is 24.0 Å². The molecule has 0 bridgehead atoms. The van der Waals surface area contributed by atoms with E-state index >= 15 is 0 Å². The molecule has 0 amide bonds. The van der Waals surface area contributed by atoms with Crippen molar-refractivity contribution in [2.45, 2.75) is 32.8 Å². The highest BCUT2D eigenvalue weighted by atomic mass is 127. The lowest BCUT2D eigenvalue weighted by Crippen LogP contribution is -2.50. The Morgan fingerprint density at radius 3 is 2.71 bits per heavy atom. The van der Waals surface area contributed by atoms with Crippen LogP contribution in [0.4, 0.5) is 0 Å². The van der Waals surface area contributed by atoms with E-state index in [4.69, 9.17) is 4.74 Å². The molecule has 0 aliphatic carbocycles. The molecular formula is C22H37IN4O. The molecule has 0 aromatic heterocycles. The van der Waals surface area contributed by atoms with Crippen molar-refractivity contribution in [1.82, 2.24) is 15.1 Å². The number of guanidine groups is 1. The van der Waals surface area contributed by atoms with Crippen LogP contribution in [0.3, 0.4) is 0 Å². The van der Waals surface area contributed by atoms with E-state index < -0.39 is 0 Å². The zero-order valence-electron chi connectivity index (χ0n) is 17.6. The fraction of sp³-hybridized carbons (Fsp3) is 0.682.